The van der Waals surface area contributed by atoms with E-state index in [9.17, 15) is 0 Å². The van der Waals surface area contributed by atoms with Gasteiger partial charge < -0.3 is 0 Å². The van der Waals surface area contributed by atoms with Gasteiger partial charge in [-0.3, -0.25) is 0 Å². The summed E-state index contributed by atoms with van der Waals surface area (Å²) in [5.74, 6) is 0. The van der Waals surface area contributed by atoms with E-state index in [0.717, 1.165) is 0 Å². The second kappa shape index (κ2) is 12.8. The van der Waals surface area contributed by atoms with Gasteiger partial charge in [0.2, 0.25) is 0 Å². The molecule has 0 heteroatoms. The minimum absolute atomic E-state index is 0.273. The third-order valence-electron chi connectivity index (χ3n) is 4.15. The highest BCUT2D eigenvalue weighted by molar-refractivity contribution is 5.38. The van der Waals surface area contributed by atoms with E-state index < -0.39 is 0 Å². The van der Waals surface area contributed by atoms with Crippen molar-refractivity contribution >= 4 is 0 Å². The van der Waals surface area contributed by atoms with E-state index in [0.29, 0.717) is 0 Å². The first kappa shape index (κ1) is 27.7. The van der Waals surface area contributed by atoms with Gasteiger partial charge in [0.1, 0.15) is 0 Å². The summed E-state index contributed by atoms with van der Waals surface area (Å²) in [6, 6.07) is 15.2. The molecule has 0 amide bonds. The lowest BCUT2D eigenvalue weighted by Gasteiger charge is -2.23. The first-order valence-corrected chi connectivity index (χ1v) is 10.6. The van der Waals surface area contributed by atoms with Gasteiger partial charge >= 0.3 is 0 Å². The van der Waals surface area contributed by atoms with Crippen molar-refractivity contribution in [2.45, 2.75) is 101 Å². The molecule has 0 aliphatic carbocycles. The molecule has 0 unspecified atom stereocenters. The fourth-order valence-corrected chi connectivity index (χ4v) is 3.05. The van der Waals surface area contributed by atoms with Crippen LogP contribution in [-0.4, -0.2) is 0 Å². The first-order chi connectivity index (χ1) is 12.4. The van der Waals surface area contributed by atoms with Crippen molar-refractivity contribution in [1.29, 1.82) is 0 Å². The molecule has 0 aliphatic rings. The van der Waals surface area contributed by atoms with E-state index in [2.05, 4.69) is 105 Å². The molecule has 0 bridgehead atoms. The Hall–Kier alpha value is -1.56. The van der Waals surface area contributed by atoms with Crippen LogP contribution < -0.4 is 0 Å². The van der Waals surface area contributed by atoms with Crippen molar-refractivity contribution in [1.82, 2.24) is 0 Å². The molecule has 0 radical (unpaired) electrons. The van der Waals surface area contributed by atoms with Crippen molar-refractivity contribution in [3.8, 4) is 0 Å². The molecule has 2 rings (SSSR count). The lowest BCUT2D eigenvalue weighted by molar-refractivity contribution is 0.582. The zero-order valence-corrected chi connectivity index (χ0v) is 20.5. The first-order valence-electron chi connectivity index (χ1n) is 10.6. The van der Waals surface area contributed by atoms with E-state index in [1.165, 1.54) is 27.8 Å². The highest BCUT2D eigenvalue weighted by atomic mass is 14.2. The Labute approximate surface area is 171 Å². The second-order valence-electron chi connectivity index (χ2n) is 8.63. The topological polar surface area (TPSA) is 0 Å². The summed E-state index contributed by atoms with van der Waals surface area (Å²) < 4.78 is 0. The SMILES string of the molecule is CC.CC.Cc1ccc(C(C)(C)C)cc1.Cc1cccc(C)c1C(C)(C)C. The van der Waals surface area contributed by atoms with Crippen LogP contribution in [0.1, 0.15) is 97.1 Å². The van der Waals surface area contributed by atoms with Crippen molar-refractivity contribution in [3.63, 3.8) is 0 Å². The van der Waals surface area contributed by atoms with Gasteiger partial charge in [0.05, 0.1) is 0 Å². The van der Waals surface area contributed by atoms with Crippen LogP contribution in [0, 0.1) is 20.8 Å². The van der Waals surface area contributed by atoms with Gasteiger partial charge in [0.15, 0.2) is 0 Å². The maximum absolute atomic E-state index is 2.27. The Bertz CT molecular complexity index is 596. The summed E-state index contributed by atoms with van der Waals surface area (Å²) in [4.78, 5) is 0. The molecular formula is C27H46. The summed E-state index contributed by atoms with van der Waals surface area (Å²) >= 11 is 0. The van der Waals surface area contributed by atoms with Crippen molar-refractivity contribution in [2.24, 2.45) is 0 Å². The fourth-order valence-electron chi connectivity index (χ4n) is 3.05. The van der Waals surface area contributed by atoms with Crippen LogP contribution in [0.15, 0.2) is 42.5 Å². The predicted octanol–water partition coefficient (Wildman–Crippen LogP) is 8.95. The molecule has 0 atom stereocenters. The van der Waals surface area contributed by atoms with E-state index in [1.54, 1.807) is 0 Å². The summed E-state index contributed by atoms with van der Waals surface area (Å²) in [6.07, 6.45) is 0. The fraction of sp³-hybridized carbons (Fsp3) is 0.556. The Balaban J connectivity index is 0. The van der Waals surface area contributed by atoms with E-state index in [1.807, 2.05) is 27.7 Å². The predicted molar refractivity (Wildman–Crippen MR) is 127 cm³/mol. The zero-order valence-electron chi connectivity index (χ0n) is 20.5. The van der Waals surface area contributed by atoms with Crippen LogP contribution in [0.4, 0.5) is 0 Å². The van der Waals surface area contributed by atoms with E-state index in [4.69, 9.17) is 0 Å². The lowest BCUT2D eigenvalue weighted by Crippen LogP contribution is -2.14. The maximum atomic E-state index is 2.27. The van der Waals surface area contributed by atoms with Crippen LogP contribution in [0.3, 0.4) is 0 Å². The average molecular weight is 371 g/mol. The standard InChI is InChI=1S/C12H18.C11H16.2C2H6/c1-9-7-6-8-10(2)11(9)12(3,4)5;1-9-5-7-10(8-6-9)11(2,3)4;2*1-2/h6-8H,1-5H3;5-8H,1-4H3;2*1-2H3. The van der Waals surface area contributed by atoms with Gasteiger partial charge in [-0.25, -0.2) is 0 Å². The molecule has 2 aromatic rings. The third kappa shape index (κ3) is 10.4. The quantitative estimate of drug-likeness (QED) is 0.434. The monoisotopic (exact) mass is 370 g/mol. The van der Waals surface area contributed by atoms with Crippen LogP contribution in [0.2, 0.25) is 0 Å². The molecule has 0 aliphatic heterocycles. The van der Waals surface area contributed by atoms with Gasteiger partial charge in [0, 0.05) is 0 Å². The normalized spacial score (nSPS) is 10.4. The Morgan fingerprint density at radius 2 is 0.889 bits per heavy atom. The van der Waals surface area contributed by atoms with E-state index in [-0.39, 0.29) is 10.8 Å². The maximum Gasteiger partial charge on any atom is -0.0127 e. The second-order valence-corrected chi connectivity index (χ2v) is 8.63. The van der Waals surface area contributed by atoms with E-state index >= 15 is 0 Å². The molecule has 0 spiro atoms. The van der Waals surface area contributed by atoms with Gasteiger partial charge in [0.25, 0.3) is 0 Å². The smallest absolute Gasteiger partial charge is 0.0127 e. The largest absolute Gasteiger partial charge is 0.0683 e. The number of hydrogen-bond acceptors (Lipinski definition) is 0. The summed E-state index contributed by atoms with van der Waals surface area (Å²) in [5.41, 5.74) is 7.60. The number of rotatable bonds is 0. The highest BCUT2D eigenvalue weighted by Crippen LogP contribution is 2.28. The lowest BCUT2D eigenvalue weighted by atomic mass is 9.81. The third-order valence-corrected chi connectivity index (χ3v) is 4.15. The molecule has 0 N–H and O–H groups in total. The summed E-state index contributed by atoms with van der Waals surface area (Å²) in [6.45, 7) is 28.0. The average Bonchev–Trinajstić information content (AvgIpc) is 2.57. The van der Waals surface area contributed by atoms with Gasteiger partial charge in [-0.05, 0) is 53.9 Å². The molecule has 0 fully saturated rings. The Morgan fingerprint density at radius 1 is 0.519 bits per heavy atom. The van der Waals surface area contributed by atoms with Crippen LogP contribution in [0.25, 0.3) is 0 Å². The molecule has 0 nitrogen and oxygen atoms in total. The summed E-state index contributed by atoms with van der Waals surface area (Å²) in [7, 11) is 0. The van der Waals surface area contributed by atoms with Gasteiger partial charge in [-0.2, -0.15) is 0 Å². The van der Waals surface area contributed by atoms with Crippen LogP contribution >= 0.6 is 0 Å². The van der Waals surface area contributed by atoms with Crippen molar-refractivity contribution < 1.29 is 0 Å². The number of aryl methyl sites for hydroxylation is 3. The summed E-state index contributed by atoms with van der Waals surface area (Å²) in [5, 5.41) is 0. The van der Waals surface area contributed by atoms with Crippen LogP contribution in [0.5, 0.6) is 0 Å². The molecule has 154 valence electrons. The Morgan fingerprint density at radius 3 is 1.15 bits per heavy atom. The molecule has 27 heavy (non-hydrogen) atoms. The van der Waals surface area contributed by atoms with Crippen molar-refractivity contribution in [3.05, 3.63) is 70.3 Å². The molecule has 0 saturated carbocycles. The zero-order chi connectivity index (χ0) is 21.8. The highest BCUT2D eigenvalue weighted by Gasteiger charge is 2.17. The molecular weight excluding hydrogens is 324 g/mol. The van der Waals surface area contributed by atoms with Crippen LogP contribution in [-0.2, 0) is 10.8 Å². The van der Waals surface area contributed by atoms with Gasteiger partial charge in [-0.15, -0.1) is 0 Å². The molecule has 0 saturated heterocycles. The molecule has 0 heterocycles. The molecule has 0 aromatic heterocycles. The minimum atomic E-state index is 0.273. The number of benzene rings is 2. The van der Waals surface area contributed by atoms with Gasteiger partial charge in [-0.1, -0.05) is 117 Å². The number of hydrogen-bond donors (Lipinski definition) is 0. The minimum Gasteiger partial charge on any atom is -0.0683 e. The molecule has 2 aromatic carbocycles. The van der Waals surface area contributed by atoms with Crippen molar-refractivity contribution in [2.75, 3.05) is 0 Å². The Kier molecular flexibility index (Phi) is 13.1.